The second-order valence-corrected chi connectivity index (χ2v) is 6.61. The lowest BCUT2D eigenvalue weighted by atomic mass is 9.98. The molecular formula is C14H21N7OS. The lowest BCUT2D eigenvalue weighted by molar-refractivity contribution is 0.179. The van der Waals surface area contributed by atoms with E-state index in [0.29, 0.717) is 24.2 Å². The molecular weight excluding hydrogens is 314 g/mol. The molecule has 0 bridgehead atoms. The molecule has 2 aromatic heterocycles. The summed E-state index contributed by atoms with van der Waals surface area (Å²) in [6.07, 6.45) is 5.66. The van der Waals surface area contributed by atoms with E-state index >= 15 is 0 Å². The number of hydrogen-bond donors (Lipinski definition) is 3. The Morgan fingerprint density at radius 3 is 3.22 bits per heavy atom. The van der Waals surface area contributed by atoms with Crippen LogP contribution in [0.15, 0.2) is 17.6 Å². The average Bonchev–Trinajstić information content (AvgIpc) is 3.23. The van der Waals surface area contributed by atoms with Gasteiger partial charge in [-0.05, 0) is 19.8 Å². The molecule has 1 atom stereocenters. The van der Waals surface area contributed by atoms with Crippen LogP contribution < -0.4 is 5.32 Å². The Labute approximate surface area is 138 Å². The van der Waals surface area contributed by atoms with Gasteiger partial charge < -0.3 is 15.2 Å². The Kier molecular flexibility index (Phi) is 5.16. The largest absolute Gasteiger partial charge is 0.348 e. The monoisotopic (exact) mass is 335 g/mol. The number of nitrogens with zero attached hydrogens (tertiary/aromatic N) is 4. The molecule has 1 aliphatic rings. The van der Waals surface area contributed by atoms with Crippen LogP contribution in [0.5, 0.6) is 0 Å². The first-order valence-corrected chi connectivity index (χ1v) is 8.75. The Morgan fingerprint density at radius 2 is 2.48 bits per heavy atom. The van der Waals surface area contributed by atoms with Crippen LogP contribution in [-0.2, 0) is 0 Å². The number of carbonyl (C=O) groups is 1. The van der Waals surface area contributed by atoms with Crippen molar-refractivity contribution in [1.29, 1.82) is 0 Å². The third-order valence-electron chi connectivity index (χ3n) is 3.80. The predicted octanol–water partition coefficient (Wildman–Crippen LogP) is 1.52. The van der Waals surface area contributed by atoms with Gasteiger partial charge in [0.05, 0.1) is 0 Å². The average molecular weight is 335 g/mol. The van der Waals surface area contributed by atoms with E-state index in [-0.39, 0.29) is 6.03 Å². The van der Waals surface area contributed by atoms with E-state index in [9.17, 15) is 4.79 Å². The van der Waals surface area contributed by atoms with Crippen LogP contribution >= 0.6 is 11.8 Å². The van der Waals surface area contributed by atoms with Crippen molar-refractivity contribution in [1.82, 2.24) is 35.4 Å². The van der Waals surface area contributed by atoms with E-state index in [2.05, 4.69) is 30.5 Å². The molecule has 23 heavy (non-hydrogen) atoms. The summed E-state index contributed by atoms with van der Waals surface area (Å²) in [5.74, 6) is 2.82. The zero-order valence-corrected chi connectivity index (χ0v) is 13.9. The topological polar surface area (TPSA) is 103 Å². The molecule has 9 heteroatoms. The molecule has 0 aromatic carbocycles. The van der Waals surface area contributed by atoms with Crippen LogP contribution in [0.2, 0.25) is 0 Å². The summed E-state index contributed by atoms with van der Waals surface area (Å²) in [5, 5.41) is 10.5. The molecule has 1 fully saturated rings. The molecule has 1 aliphatic heterocycles. The number of hydrogen-bond acceptors (Lipinski definition) is 5. The molecule has 1 saturated heterocycles. The first-order chi connectivity index (χ1) is 11.2. The number of likely N-dealkylation sites (tertiary alicyclic amines) is 1. The number of H-pyrrole nitrogens is 2. The van der Waals surface area contributed by atoms with E-state index in [1.165, 1.54) is 11.8 Å². The fourth-order valence-corrected chi connectivity index (χ4v) is 3.38. The van der Waals surface area contributed by atoms with Gasteiger partial charge in [-0.3, -0.25) is 5.10 Å². The molecule has 124 valence electrons. The fourth-order valence-electron chi connectivity index (χ4n) is 2.68. The van der Waals surface area contributed by atoms with Gasteiger partial charge in [0.15, 0.2) is 0 Å². The number of aromatic nitrogens is 5. The smallest absolute Gasteiger partial charge is 0.317 e. The molecule has 2 amide bonds. The van der Waals surface area contributed by atoms with E-state index in [4.69, 9.17) is 0 Å². The van der Waals surface area contributed by atoms with E-state index in [1.54, 1.807) is 6.20 Å². The second kappa shape index (κ2) is 7.49. The van der Waals surface area contributed by atoms with Gasteiger partial charge in [-0.2, -0.15) is 0 Å². The van der Waals surface area contributed by atoms with Crippen molar-refractivity contribution in [3.05, 3.63) is 24.0 Å². The predicted molar refractivity (Wildman–Crippen MR) is 87.4 cm³/mol. The van der Waals surface area contributed by atoms with Crippen molar-refractivity contribution < 1.29 is 4.79 Å². The highest BCUT2D eigenvalue weighted by Gasteiger charge is 2.25. The first kappa shape index (κ1) is 15.9. The third-order valence-corrected chi connectivity index (χ3v) is 4.65. The molecule has 0 radical (unpaired) electrons. The number of piperidine rings is 1. The highest BCUT2D eigenvalue weighted by atomic mass is 32.2. The zero-order chi connectivity index (χ0) is 16.1. The van der Waals surface area contributed by atoms with Crippen molar-refractivity contribution in [2.45, 2.75) is 30.8 Å². The summed E-state index contributed by atoms with van der Waals surface area (Å²) < 4.78 is 0. The van der Waals surface area contributed by atoms with Crippen molar-refractivity contribution in [2.75, 3.05) is 25.4 Å². The number of urea groups is 1. The SMILES string of the molecule is Cc1nc(SCCNC(=O)N2CCC[C@H](c3ncc[nH]3)C2)n[nH]1. The summed E-state index contributed by atoms with van der Waals surface area (Å²) in [5.41, 5.74) is 0. The van der Waals surface area contributed by atoms with Crippen molar-refractivity contribution in [3.63, 3.8) is 0 Å². The fraction of sp³-hybridized carbons (Fsp3) is 0.571. The summed E-state index contributed by atoms with van der Waals surface area (Å²) >= 11 is 1.53. The van der Waals surface area contributed by atoms with Crippen LogP contribution in [0, 0.1) is 6.92 Å². The molecule has 3 N–H and O–H groups in total. The highest BCUT2D eigenvalue weighted by molar-refractivity contribution is 7.99. The minimum absolute atomic E-state index is 0.00646. The minimum Gasteiger partial charge on any atom is -0.348 e. The summed E-state index contributed by atoms with van der Waals surface area (Å²) in [7, 11) is 0. The van der Waals surface area contributed by atoms with Gasteiger partial charge >= 0.3 is 6.03 Å². The molecule has 3 heterocycles. The number of nitrogens with one attached hydrogen (secondary N) is 3. The van der Waals surface area contributed by atoms with E-state index in [0.717, 1.165) is 36.8 Å². The number of thioether (sulfide) groups is 1. The Hall–Kier alpha value is -2.03. The summed E-state index contributed by atoms with van der Waals surface area (Å²) in [6.45, 7) is 3.98. The maximum atomic E-state index is 12.3. The van der Waals surface area contributed by atoms with Gasteiger partial charge in [0.25, 0.3) is 0 Å². The van der Waals surface area contributed by atoms with E-state index in [1.807, 2.05) is 18.0 Å². The zero-order valence-electron chi connectivity index (χ0n) is 13.1. The van der Waals surface area contributed by atoms with Crippen LogP contribution in [0.25, 0.3) is 0 Å². The lowest BCUT2D eigenvalue weighted by Gasteiger charge is -2.31. The number of carbonyl (C=O) groups excluding carboxylic acids is 1. The summed E-state index contributed by atoms with van der Waals surface area (Å²) in [4.78, 5) is 25.8. The molecule has 0 saturated carbocycles. The summed E-state index contributed by atoms with van der Waals surface area (Å²) in [6, 6.07) is -0.00646. The van der Waals surface area contributed by atoms with Gasteiger partial charge in [0.1, 0.15) is 11.6 Å². The third kappa shape index (κ3) is 4.25. The van der Waals surface area contributed by atoms with Gasteiger partial charge in [-0.25, -0.2) is 14.8 Å². The number of aryl methyl sites for hydroxylation is 1. The van der Waals surface area contributed by atoms with Crippen molar-refractivity contribution in [2.24, 2.45) is 0 Å². The number of rotatable bonds is 5. The molecule has 0 spiro atoms. The molecule has 0 unspecified atom stereocenters. The quantitative estimate of drug-likeness (QED) is 0.568. The van der Waals surface area contributed by atoms with Crippen molar-refractivity contribution in [3.8, 4) is 0 Å². The number of aromatic amines is 2. The highest BCUT2D eigenvalue weighted by Crippen LogP contribution is 2.24. The second-order valence-electron chi connectivity index (χ2n) is 5.54. The van der Waals surface area contributed by atoms with Gasteiger partial charge in [0, 0.05) is 43.7 Å². The first-order valence-electron chi connectivity index (χ1n) is 7.76. The Balaban J connectivity index is 1.41. The van der Waals surface area contributed by atoms with Crippen molar-refractivity contribution >= 4 is 17.8 Å². The lowest BCUT2D eigenvalue weighted by Crippen LogP contribution is -2.45. The van der Waals surface area contributed by atoms with Crippen LogP contribution in [0.4, 0.5) is 4.79 Å². The normalized spacial score (nSPS) is 18.1. The maximum Gasteiger partial charge on any atom is 0.317 e. The van der Waals surface area contributed by atoms with Crippen LogP contribution in [-0.4, -0.2) is 61.5 Å². The molecule has 2 aromatic rings. The number of imidazole rings is 1. The molecule has 0 aliphatic carbocycles. The Bertz CT molecular complexity index is 627. The minimum atomic E-state index is -0.00646. The molecule has 8 nitrogen and oxygen atoms in total. The Morgan fingerprint density at radius 1 is 1.57 bits per heavy atom. The van der Waals surface area contributed by atoms with Crippen LogP contribution in [0.3, 0.4) is 0 Å². The van der Waals surface area contributed by atoms with E-state index < -0.39 is 0 Å². The van der Waals surface area contributed by atoms with Crippen LogP contribution in [0.1, 0.15) is 30.4 Å². The number of amides is 2. The maximum absolute atomic E-state index is 12.3. The van der Waals surface area contributed by atoms with Gasteiger partial charge in [-0.1, -0.05) is 11.8 Å². The van der Waals surface area contributed by atoms with Gasteiger partial charge in [0.2, 0.25) is 5.16 Å². The van der Waals surface area contributed by atoms with Gasteiger partial charge in [-0.15, -0.1) is 5.10 Å². The molecule has 3 rings (SSSR count). The standard InChI is InChI=1S/C14H21N7OS/c1-10-18-13(20-19-10)23-8-6-17-14(22)21-7-2-3-11(9-21)12-15-4-5-16-12/h4-5,11H,2-3,6-9H2,1H3,(H,15,16)(H,17,22)(H,18,19,20)/t11-/m0/s1.